The Hall–Kier alpha value is -2.80. The van der Waals surface area contributed by atoms with E-state index in [1.54, 1.807) is 0 Å². The van der Waals surface area contributed by atoms with Crippen molar-refractivity contribution in [3.05, 3.63) is 59.8 Å². The second kappa shape index (κ2) is 4.46. The second-order valence-electron chi connectivity index (χ2n) is 4.43. The molecule has 2 N–H and O–H groups in total. The number of hydrogen-bond acceptors (Lipinski definition) is 3. The minimum Gasteiger partial charge on any atom is -0.399 e. The predicted octanol–water partition coefficient (Wildman–Crippen LogP) is 2.54. The molecule has 0 aliphatic carbocycles. The smallest absolute Gasteiger partial charge is 0.0991 e. The summed E-state index contributed by atoms with van der Waals surface area (Å²) in [5, 5.41) is 14.2. The SMILES string of the molecule is N#Cc1ccc(Cn2ncc3cc(N)ccc32)cc1. The molecule has 0 bridgehead atoms. The molecular formula is C15H12N4. The molecule has 1 aromatic heterocycles. The highest BCUT2D eigenvalue weighted by Gasteiger charge is 2.03. The van der Waals surface area contributed by atoms with Crippen molar-refractivity contribution in [1.82, 2.24) is 9.78 Å². The number of anilines is 1. The summed E-state index contributed by atoms with van der Waals surface area (Å²) in [6.45, 7) is 0.680. The fourth-order valence-corrected chi connectivity index (χ4v) is 2.09. The number of aromatic nitrogens is 2. The van der Waals surface area contributed by atoms with E-state index in [9.17, 15) is 0 Å². The summed E-state index contributed by atoms with van der Waals surface area (Å²) in [6.07, 6.45) is 1.81. The number of rotatable bonds is 2. The summed E-state index contributed by atoms with van der Waals surface area (Å²) in [4.78, 5) is 0. The Morgan fingerprint density at radius 3 is 2.68 bits per heavy atom. The Kier molecular flexibility index (Phi) is 2.66. The topological polar surface area (TPSA) is 67.6 Å². The number of nitrogen functional groups attached to an aromatic ring is 1. The van der Waals surface area contributed by atoms with E-state index in [4.69, 9.17) is 11.0 Å². The van der Waals surface area contributed by atoms with Gasteiger partial charge in [-0.25, -0.2) is 0 Å². The molecule has 1 heterocycles. The fourth-order valence-electron chi connectivity index (χ4n) is 2.09. The van der Waals surface area contributed by atoms with Crippen molar-refractivity contribution in [3.63, 3.8) is 0 Å². The van der Waals surface area contributed by atoms with Crippen LogP contribution in [0.15, 0.2) is 48.7 Å². The Balaban J connectivity index is 1.94. The molecule has 0 radical (unpaired) electrons. The maximum absolute atomic E-state index is 8.77. The van der Waals surface area contributed by atoms with E-state index < -0.39 is 0 Å². The van der Waals surface area contributed by atoms with Crippen LogP contribution in [0.1, 0.15) is 11.1 Å². The van der Waals surface area contributed by atoms with E-state index in [0.717, 1.165) is 22.2 Å². The monoisotopic (exact) mass is 248 g/mol. The Labute approximate surface area is 110 Å². The van der Waals surface area contributed by atoms with Gasteiger partial charge in [-0.05, 0) is 35.9 Å². The lowest BCUT2D eigenvalue weighted by atomic mass is 10.1. The first-order valence-corrected chi connectivity index (χ1v) is 5.96. The molecule has 3 aromatic rings. The van der Waals surface area contributed by atoms with Crippen molar-refractivity contribution in [3.8, 4) is 6.07 Å². The van der Waals surface area contributed by atoms with Crippen LogP contribution in [0.4, 0.5) is 5.69 Å². The number of nitrogens with zero attached hydrogens (tertiary/aromatic N) is 3. The predicted molar refractivity (Wildman–Crippen MR) is 74.4 cm³/mol. The molecule has 0 saturated heterocycles. The van der Waals surface area contributed by atoms with Gasteiger partial charge in [-0.2, -0.15) is 10.4 Å². The maximum Gasteiger partial charge on any atom is 0.0991 e. The third-order valence-corrected chi connectivity index (χ3v) is 3.08. The Bertz CT molecular complexity index is 763. The highest BCUT2D eigenvalue weighted by molar-refractivity contribution is 5.81. The summed E-state index contributed by atoms with van der Waals surface area (Å²) in [5.74, 6) is 0. The minimum absolute atomic E-state index is 0.668. The lowest BCUT2D eigenvalue weighted by Crippen LogP contribution is -2.01. The molecular weight excluding hydrogens is 236 g/mol. The summed E-state index contributed by atoms with van der Waals surface area (Å²) in [7, 11) is 0. The van der Waals surface area contributed by atoms with Crippen LogP contribution >= 0.6 is 0 Å². The van der Waals surface area contributed by atoms with Crippen LogP contribution in [0, 0.1) is 11.3 Å². The van der Waals surface area contributed by atoms with Crippen molar-refractivity contribution >= 4 is 16.6 Å². The average molecular weight is 248 g/mol. The van der Waals surface area contributed by atoms with Crippen LogP contribution < -0.4 is 5.73 Å². The van der Waals surface area contributed by atoms with Crippen molar-refractivity contribution in [2.75, 3.05) is 5.73 Å². The minimum atomic E-state index is 0.668. The average Bonchev–Trinajstić information content (AvgIpc) is 2.82. The van der Waals surface area contributed by atoms with Gasteiger partial charge in [0.15, 0.2) is 0 Å². The van der Waals surface area contributed by atoms with Crippen LogP contribution in [0.3, 0.4) is 0 Å². The summed E-state index contributed by atoms with van der Waals surface area (Å²) < 4.78 is 1.93. The maximum atomic E-state index is 8.77. The van der Waals surface area contributed by atoms with Crippen molar-refractivity contribution < 1.29 is 0 Å². The van der Waals surface area contributed by atoms with Crippen LogP contribution in [0.2, 0.25) is 0 Å². The molecule has 3 rings (SSSR count). The first-order valence-electron chi connectivity index (χ1n) is 5.96. The highest BCUT2D eigenvalue weighted by atomic mass is 15.3. The number of fused-ring (bicyclic) bond motifs is 1. The lowest BCUT2D eigenvalue weighted by Gasteiger charge is -2.04. The van der Waals surface area contributed by atoms with Crippen molar-refractivity contribution in [2.24, 2.45) is 0 Å². The van der Waals surface area contributed by atoms with Crippen LogP contribution in [-0.2, 0) is 6.54 Å². The molecule has 0 aliphatic rings. The molecule has 0 spiro atoms. The van der Waals surface area contributed by atoms with Crippen LogP contribution in [0.25, 0.3) is 10.9 Å². The molecule has 4 nitrogen and oxygen atoms in total. The van der Waals surface area contributed by atoms with Crippen molar-refractivity contribution in [2.45, 2.75) is 6.54 Å². The molecule has 19 heavy (non-hydrogen) atoms. The van der Waals surface area contributed by atoms with Crippen LogP contribution in [-0.4, -0.2) is 9.78 Å². The molecule has 0 aliphatic heterocycles. The standard InChI is InChI=1S/C15H12N4/c16-8-11-1-3-12(4-2-11)10-19-15-6-5-14(17)7-13(15)9-18-19/h1-7,9H,10,17H2. The van der Waals surface area contributed by atoms with Gasteiger partial charge in [0, 0.05) is 11.1 Å². The third kappa shape index (κ3) is 2.14. The summed E-state index contributed by atoms with van der Waals surface area (Å²) in [5.41, 5.74) is 9.33. The first-order chi connectivity index (χ1) is 9.26. The fraction of sp³-hybridized carbons (Fsp3) is 0.0667. The van der Waals surface area contributed by atoms with Gasteiger partial charge in [0.05, 0.1) is 29.9 Å². The zero-order valence-corrected chi connectivity index (χ0v) is 10.2. The van der Waals surface area contributed by atoms with E-state index >= 15 is 0 Å². The number of nitriles is 1. The normalized spacial score (nSPS) is 10.5. The van der Waals surface area contributed by atoms with E-state index in [2.05, 4.69) is 11.2 Å². The van der Waals surface area contributed by atoms with Gasteiger partial charge in [-0.15, -0.1) is 0 Å². The van der Waals surface area contributed by atoms with E-state index in [-0.39, 0.29) is 0 Å². The highest BCUT2D eigenvalue weighted by Crippen LogP contribution is 2.18. The Morgan fingerprint density at radius 2 is 1.95 bits per heavy atom. The molecule has 0 fully saturated rings. The van der Waals surface area contributed by atoms with Gasteiger partial charge in [0.2, 0.25) is 0 Å². The van der Waals surface area contributed by atoms with Crippen molar-refractivity contribution in [1.29, 1.82) is 5.26 Å². The quantitative estimate of drug-likeness (QED) is 0.708. The molecule has 0 amide bonds. The summed E-state index contributed by atoms with van der Waals surface area (Å²) >= 11 is 0. The largest absolute Gasteiger partial charge is 0.399 e. The molecule has 0 saturated carbocycles. The number of nitrogens with two attached hydrogens (primary N) is 1. The van der Waals surface area contributed by atoms with E-state index in [1.165, 1.54) is 0 Å². The lowest BCUT2D eigenvalue weighted by molar-refractivity contribution is 0.712. The second-order valence-corrected chi connectivity index (χ2v) is 4.43. The van der Waals surface area contributed by atoms with Gasteiger partial charge in [-0.1, -0.05) is 12.1 Å². The van der Waals surface area contributed by atoms with Gasteiger partial charge in [0.25, 0.3) is 0 Å². The number of hydrogen-bond donors (Lipinski definition) is 1. The molecule has 0 atom stereocenters. The Morgan fingerprint density at radius 1 is 1.16 bits per heavy atom. The zero-order chi connectivity index (χ0) is 13.2. The van der Waals surface area contributed by atoms with Gasteiger partial charge in [0.1, 0.15) is 0 Å². The van der Waals surface area contributed by atoms with Gasteiger partial charge >= 0.3 is 0 Å². The van der Waals surface area contributed by atoms with Gasteiger partial charge in [-0.3, -0.25) is 4.68 Å². The molecule has 4 heteroatoms. The zero-order valence-electron chi connectivity index (χ0n) is 10.2. The van der Waals surface area contributed by atoms with Gasteiger partial charge < -0.3 is 5.73 Å². The van der Waals surface area contributed by atoms with E-state index in [1.807, 2.05) is 53.3 Å². The molecule has 92 valence electrons. The first kappa shape index (κ1) is 11.3. The molecule has 2 aromatic carbocycles. The summed E-state index contributed by atoms with van der Waals surface area (Å²) in [6, 6.07) is 15.4. The van der Waals surface area contributed by atoms with E-state index in [0.29, 0.717) is 12.1 Å². The van der Waals surface area contributed by atoms with Crippen LogP contribution in [0.5, 0.6) is 0 Å². The third-order valence-electron chi connectivity index (χ3n) is 3.08. The number of benzene rings is 2. The molecule has 0 unspecified atom stereocenters.